The van der Waals surface area contributed by atoms with Crippen LogP contribution < -0.4 is 15.4 Å². The molecule has 4 nitrogen and oxygen atoms in total. The summed E-state index contributed by atoms with van der Waals surface area (Å²) < 4.78 is 5.30. The lowest BCUT2D eigenvalue weighted by Crippen LogP contribution is -2.42. The number of rotatable bonds is 4. The fourth-order valence-corrected chi connectivity index (χ4v) is 2.22. The maximum atomic E-state index is 11.8. The topological polar surface area (TPSA) is 50.4 Å². The van der Waals surface area contributed by atoms with Crippen molar-refractivity contribution in [2.45, 2.75) is 31.8 Å². The summed E-state index contributed by atoms with van der Waals surface area (Å²) in [5, 5.41) is 6.24. The van der Waals surface area contributed by atoms with Gasteiger partial charge in [0.2, 0.25) is 5.91 Å². The number of hydrogen-bond donors (Lipinski definition) is 2. The Morgan fingerprint density at radius 2 is 2.22 bits per heavy atom. The van der Waals surface area contributed by atoms with Crippen LogP contribution in [0.25, 0.3) is 0 Å². The molecule has 0 radical (unpaired) electrons. The van der Waals surface area contributed by atoms with E-state index in [0.717, 1.165) is 37.1 Å². The van der Waals surface area contributed by atoms with Crippen molar-refractivity contribution in [2.75, 3.05) is 13.7 Å². The Labute approximate surface area is 108 Å². The zero-order chi connectivity index (χ0) is 12.8. The molecule has 1 aromatic rings. The molecule has 1 atom stereocenters. The Bertz CT molecular complexity index is 407. The smallest absolute Gasteiger partial charge is 0.237 e. The van der Waals surface area contributed by atoms with E-state index in [0.29, 0.717) is 6.54 Å². The van der Waals surface area contributed by atoms with Crippen LogP contribution in [0, 0.1) is 0 Å². The van der Waals surface area contributed by atoms with Crippen LogP contribution >= 0.6 is 0 Å². The molecule has 1 fully saturated rings. The minimum absolute atomic E-state index is 0.0857. The van der Waals surface area contributed by atoms with Gasteiger partial charge in [0.25, 0.3) is 0 Å². The van der Waals surface area contributed by atoms with E-state index in [2.05, 4.69) is 10.6 Å². The summed E-state index contributed by atoms with van der Waals surface area (Å²) in [7, 11) is 1.66. The number of benzene rings is 1. The van der Waals surface area contributed by atoms with Crippen LogP contribution in [0.1, 0.15) is 24.8 Å². The van der Waals surface area contributed by atoms with E-state index in [-0.39, 0.29) is 11.9 Å². The van der Waals surface area contributed by atoms with Gasteiger partial charge >= 0.3 is 0 Å². The Hall–Kier alpha value is -1.55. The predicted molar refractivity (Wildman–Crippen MR) is 70.5 cm³/mol. The van der Waals surface area contributed by atoms with E-state index in [1.165, 1.54) is 0 Å². The number of amides is 1. The van der Waals surface area contributed by atoms with Gasteiger partial charge in [-0.25, -0.2) is 0 Å². The molecule has 0 saturated carbocycles. The fourth-order valence-electron chi connectivity index (χ4n) is 2.22. The van der Waals surface area contributed by atoms with Crippen LogP contribution in [-0.4, -0.2) is 25.6 Å². The van der Waals surface area contributed by atoms with Gasteiger partial charge in [0.15, 0.2) is 0 Å². The molecule has 1 heterocycles. The van der Waals surface area contributed by atoms with E-state index >= 15 is 0 Å². The lowest BCUT2D eigenvalue weighted by atomic mass is 10.1. The molecule has 2 rings (SSSR count). The first kappa shape index (κ1) is 12.9. The van der Waals surface area contributed by atoms with Crippen molar-refractivity contribution < 1.29 is 9.53 Å². The molecular formula is C14H20N2O2. The van der Waals surface area contributed by atoms with Crippen molar-refractivity contribution in [3.05, 3.63) is 29.8 Å². The van der Waals surface area contributed by atoms with Crippen LogP contribution in [0.4, 0.5) is 0 Å². The van der Waals surface area contributed by atoms with Gasteiger partial charge in [-0.05, 0) is 25.3 Å². The first-order chi connectivity index (χ1) is 8.81. The van der Waals surface area contributed by atoms with Crippen molar-refractivity contribution in [3.8, 4) is 5.75 Å². The van der Waals surface area contributed by atoms with E-state index in [1.54, 1.807) is 7.11 Å². The molecule has 0 bridgehead atoms. The lowest BCUT2D eigenvalue weighted by Gasteiger charge is -2.16. The first-order valence-corrected chi connectivity index (χ1v) is 6.44. The molecular weight excluding hydrogens is 228 g/mol. The van der Waals surface area contributed by atoms with E-state index in [9.17, 15) is 4.79 Å². The summed E-state index contributed by atoms with van der Waals surface area (Å²) in [6.45, 7) is 1.45. The Morgan fingerprint density at radius 1 is 1.39 bits per heavy atom. The van der Waals surface area contributed by atoms with Crippen LogP contribution in [0.15, 0.2) is 24.3 Å². The Morgan fingerprint density at radius 3 is 3.06 bits per heavy atom. The van der Waals surface area contributed by atoms with Crippen LogP contribution in [0.2, 0.25) is 0 Å². The quantitative estimate of drug-likeness (QED) is 0.848. The van der Waals surface area contributed by atoms with Crippen molar-refractivity contribution in [2.24, 2.45) is 0 Å². The third-order valence-electron chi connectivity index (χ3n) is 3.27. The minimum atomic E-state index is -0.0857. The highest BCUT2D eigenvalue weighted by Gasteiger charge is 2.19. The summed E-state index contributed by atoms with van der Waals surface area (Å²) in [6.07, 6.45) is 3.06. The highest BCUT2D eigenvalue weighted by atomic mass is 16.5. The van der Waals surface area contributed by atoms with Gasteiger partial charge in [-0.1, -0.05) is 18.2 Å². The van der Waals surface area contributed by atoms with Gasteiger partial charge in [-0.15, -0.1) is 0 Å². The summed E-state index contributed by atoms with van der Waals surface area (Å²) in [5.41, 5.74) is 1.08. The van der Waals surface area contributed by atoms with Gasteiger partial charge in [0.05, 0.1) is 13.2 Å². The SMILES string of the molecule is COc1ccccc1CNC1CCCCNC1=O. The second-order valence-corrected chi connectivity index (χ2v) is 4.53. The third-order valence-corrected chi connectivity index (χ3v) is 3.27. The molecule has 2 N–H and O–H groups in total. The summed E-state index contributed by atoms with van der Waals surface area (Å²) >= 11 is 0. The van der Waals surface area contributed by atoms with Crippen molar-refractivity contribution in [1.29, 1.82) is 0 Å². The number of carbonyl (C=O) groups is 1. The number of carbonyl (C=O) groups excluding carboxylic acids is 1. The van der Waals surface area contributed by atoms with Gasteiger partial charge < -0.3 is 15.4 Å². The molecule has 4 heteroatoms. The summed E-state index contributed by atoms with van der Waals surface area (Å²) in [6, 6.07) is 7.79. The summed E-state index contributed by atoms with van der Waals surface area (Å²) in [5.74, 6) is 0.974. The first-order valence-electron chi connectivity index (χ1n) is 6.44. The zero-order valence-electron chi connectivity index (χ0n) is 10.7. The van der Waals surface area contributed by atoms with E-state index in [4.69, 9.17) is 4.74 Å². The van der Waals surface area contributed by atoms with Gasteiger partial charge in [-0.3, -0.25) is 4.79 Å². The molecule has 1 unspecified atom stereocenters. The fraction of sp³-hybridized carbons (Fsp3) is 0.500. The Balaban J connectivity index is 1.95. The van der Waals surface area contributed by atoms with Crippen LogP contribution in [0.3, 0.4) is 0 Å². The molecule has 1 saturated heterocycles. The molecule has 0 aliphatic carbocycles. The average Bonchev–Trinajstić information content (AvgIpc) is 2.61. The standard InChI is InChI=1S/C14H20N2O2/c1-18-13-8-3-2-6-11(13)10-16-12-7-4-5-9-15-14(12)17/h2-3,6,8,12,16H,4-5,7,9-10H2,1H3,(H,15,17). The highest BCUT2D eigenvalue weighted by molar-refractivity contribution is 5.81. The maximum absolute atomic E-state index is 11.8. The Kier molecular flexibility index (Phi) is 4.59. The number of hydrogen-bond acceptors (Lipinski definition) is 3. The normalized spacial score (nSPS) is 20.1. The van der Waals surface area contributed by atoms with Crippen LogP contribution in [-0.2, 0) is 11.3 Å². The van der Waals surface area contributed by atoms with Crippen molar-refractivity contribution in [1.82, 2.24) is 10.6 Å². The van der Waals surface area contributed by atoms with Gasteiger partial charge in [0.1, 0.15) is 5.75 Å². The van der Waals surface area contributed by atoms with Gasteiger partial charge in [0, 0.05) is 18.7 Å². The molecule has 98 valence electrons. The molecule has 1 aliphatic rings. The van der Waals surface area contributed by atoms with Crippen molar-refractivity contribution >= 4 is 5.91 Å². The predicted octanol–water partition coefficient (Wildman–Crippen LogP) is 1.45. The number of ether oxygens (including phenoxy) is 1. The molecule has 0 spiro atoms. The molecule has 1 aliphatic heterocycles. The third kappa shape index (κ3) is 3.23. The van der Waals surface area contributed by atoms with E-state index < -0.39 is 0 Å². The second-order valence-electron chi connectivity index (χ2n) is 4.53. The number of para-hydroxylation sites is 1. The molecule has 1 amide bonds. The molecule has 0 aromatic heterocycles. The number of methoxy groups -OCH3 is 1. The largest absolute Gasteiger partial charge is 0.496 e. The minimum Gasteiger partial charge on any atom is -0.496 e. The van der Waals surface area contributed by atoms with Crippen LogP contribution in [0.5, 0.6) is 5.75 Å². The zero-order valence-corrected chi connectivity index (χ0v) is 10.7. The number of nitrogens with one attached hydrogen (secondary N) is 2. The van der Waals surface area contributed by atoms with E-state index in [1.807, 2.05) is 24.3 Å². The second kappa shape index (κ2) is 6.40. The maximum Gasteiger partial charge on any atom is 0.237 e. The van der Waals surface area contributed by atoms with Crippen molar-refractivity contribution in [3.63, 3.8) is 0 Å². The average molecular weight is 248 g/mol. The highest BCUT2D eigenvalue weighted by Crippen LogP contribution is 2.17. The molecule has 18 heavy (non-hydrogen) atoms. The lowest BCUT2D eigenvalue weighted by molar-refractivity contribution is -0.122. The molecule has 1 aromatic carbocycles. The monoisotopic (exact) mass is 248 g/mol. The summed E-state index contributed by atoms with van der Waals surface area (Å²) in [4.78, 5) is 11.8. The van der Waals surface area contributed by atoms with Gasteiger partial charge in [-0.2, -0.15) is 0 Å².